The van der Waals surface area contributed by atoms with Gasteiger partial charge in [-0.1, -0.05) is 42.5 Å². The maximum Gasteiger partial charge on any atom is 0.340 e. The highest BCUT2D eigenvalue weighted by molar-refractivity contribution is 6.02. The van der Waals surface area contributed by atoms with Crippen molar-refractivity contribution < 1.29 is 23.9 Å². The van der Waals surface area contributed by atoms with E-state index >= 15 is 0 Å². The van der Waals surface area contributed by atoms with E-state index in [1.165, 1.54) is 20.2 Å². The molecule has 3 amide bonds. The number of ether oxygens (including phenoxy) is 1. The Hall–Kier alpha value is -3.68. The normalized spacial score (nSPS) is 10.0. The molecule has 152 valence electrons. The first-order valence-electron chi connectivity index (χ1n) is 8.95. The molecule has 0 saturated carbocycles. The van der Waals surface area contributed by atoms with E-state index in [0.717, 1.165) is 10.5 Å². The standard InChI is InChI=1S/C21H23N3O5/c1-22-19(26)13-24(2)20(27)14-29-21(28)16-10-6-7-11-17(16)23-18(25)12-15-8-4-3-5-9-15/h3-11H,12-14H2,1-2H3,(H,22,26)(H,23,25). The van der Waals surface area contributed by atoms with Gasteiger partial charge in [0, 0.05) is 14.1 Å². The summed E-state index contributed by atoms with van der Waals surface area (Å²) in [6.45, 7) is -0.655. The second-order valence-electron chi connectivity index (χ2n) is 6.26. The summed E-state index contributed by atoms with van der Waals surface area (Å²) in [5, 5.41) is 5.10. The van der Waals surface area contributed by atoms with Crippen molar-refractivity contribution in [1.29, 1.82) is 0 Å². The van der Waals surface area contributed by atoms with Crippen molar-refractivity contribution in [2.45, 2.75) is 6.42 Å². The van der Waals surface area contributed by atoms with Crippen LogP contribution in [0, 0.1) is 0 Å². The van der Waals surface area contributed by atoms with Crippen LogP contribution in [0.15, 0.2) is 54.6 Å². The molecule has 0 fully saturated rings. The molecule has 0 aliphatic rings. The van der Waals surface area contributed by atoms with Crippen LogP contribution in [0.5, 0.6) is 0 Å². The molecule has 0 radical (unpaired) electrons. The summed E-state index contributed by atoms with van der Waals surface area (Å²) in [6.07, 6.45) is 0.160. The molecule has 29 heavy (non-hydrogen) atoms. The number of amides is 3. The smallest absolute Gasteiger partial charge is 0.340 e. The molecule has 0 spiro atoms. The van der Waals surface area contributed by atoms with E-state index < -0.39 is 18.5 Å². The number of hydrogen-bond acceptors (Lipinski definition) is 5. The molecule has 2 aromatic rings. The largest absolute Gasteiger partial charge is 0.452 e. The van der Waals surface area contributed by atoms with Crippen LogP contribution >= 0.6 is 0 Å². The molecule has 2 N–H and O–H groups in total. The van der Waals surface area contributed by atoms with Crippen molar-refractivity contribution >= 4 is 29.4 Å². The van der Waals surface area contributed by atoms with E-state index in [9.17, 15) is 19.2 Å². The van der Waals surface area contributed by atoms with E-state index in [2.05, 4.69) is 10.6 Å². The molecular formula is C21H23N3O5. The molecule has 0 bridgehead atoms. The zero-order valence-electron chi connectivity index (χ0n) is 16.3. The molecule has 0 aromatic heterocycles. The van der Waals surface area contributed by atoms with Gasteiger partial charge in [0.2, 0.25) is 11.8 Å². The Kier molecular flexibility index (Phi) is 7.90. The Morgan fingerprint density at radius 3 is 2.28 bits per heavy atom. The topological polar surface area (TPSA) is 105 Å². The maximum atomic E-state index is 12.4. The highest BCUT2D eigenvalue weighted by Crippen LogP contribution is 2.17. The Balaban J connectivity index is 1.96. The average molecular weight is 397 g/mol. The van der Waals surface area contributed by atoms with E-state index in [-0.39, 0.29) is 30.3 Å². The highest BCUT2D eigenvalue weighted by atomic mass is 16.5. The average Bonchev–Trinajstić information content (AvgIpc) is 2.72. The number of likely N-dealkylation sites (N-methyl/N-ethyl adjacent to an activating group) is 2. The minimum atomic E-state index is -0.748. The van der Waals surface area contributed by atoms with Gasteiger partial charge in [-0.05, 0) is 17.7 Å². The van der Waals surface area contributed by atoms with E-state index in [1.807, 2.05) is 30.3 Å². The number of rotatable bonds is 8. The van der Waals surface area contributed by atoms with Gasteiger partial charge in [-0.25, -0.2) is 4.79 Å². The zero-order chi connectivity index (χ0) is 21.2. The number of benzene rings is 2. The fraction of sp³-hybridized carbons (Fsp3) is 0.238. The number of para-hydroxylation sites is 1. The second kappa shape index (κ2) is 10.6. The van der Waals surface area contributed by atoms with Crippen LogP contribution in [-0.4, -0.2) is 55.8 Å². The number of hydrogen-bond donors (Lipinski definition) is 2. The van der Waals surface area contributed by atoms with Crippen molar-refractivity contribution in [3.05, 3.63) is 65.7 Å². The summed E-state index contributed by atoms with van der Waals surface area (Å²) in [5.41, 5.74) is 1.27. The van der Waals surface area contributed by atoms with Gasteiger partial charge in [-0.15, -0.1) is 0 Å². The highest BCUT2D eigenvalue weighted by Gasteiger charge is 2.18. The predicted octanol–water partition coefficient (Wildman–Crippen LogP) is 1.23. The number of nitrogens with one attached hydrogen (secondary N) is 2. The van der Waals surface area contributed by atoms with Gasteiger partial charge in [0.15, 0.2) is 6.61 Å². The summed E-state index contributed by atoms with van der Waals surface area (Å²) < 4.78 is 5.05. The Morgan fingerprint density at radius 2 is 1.59 bits per heavy atom. The first kappa shape index (κ1) is 21.6. The Bertz CT molecular complexity index is 883. The van der Waals surface area contributed by atoms with Crippen molar-refractivity contribution in [3.63, 3.8) is 0 Å². The van der Waals surface area contributed by atoms with Crippen molar-refractivity contribution in [3.8, 4) is 0 Å². The van der Waals surface area contributed by atoms with Gasteiger partial charge in [-0.3, -0.25) is 14.4 Å². The zero-order valence-corrected chi connectivity index (χ0v) is 16.3. The Labute approximate surface area is 168 Å². The van der Waals surface area contributed by atoms with Gasteiger partial charge in [0.25, 0.3) is 5.91 Å². The van der Waals surface area contributed by atoms with Crippen molar-refractivity contribution in [2.24, 2.45) is 0 Å². The monoisotopic (exact) mass is 397 g/mol. The number of carbonyl (C=O) groups is 4. The lowest BCUT2D eigenvalue weighted by Crippen LogP contribution is -2.39. The van der Waals surface area contributed by atoms with Gasteiger partial charge in [0.05, 0.1) is 24.2 Å². The maximum absolute atomic E-state index is 12.4. The van der Waals surface area contributed by atoms with E-state index in [0.29, 0.717) is 5.69 Å². The Morgan fingerprint density at radius 1 is 0.931 bits per heavy atom. The minimum absolute atomic E-state index is 0.135. The fourth-order valence-corrected chi connectivity index (χ4v) is 2.44. The lowest BCUT2D eigenvalue weighted by atomic mass is 10.1. The van der Waals surface area contributed by atoms with E-state index in [4.69, 9.17) is 4.74 Å². The molecule has 0 unspecified atom stereocenters. The van der Waals surface area contributed by atoms with Crippen LogP contribution in [0.1, 0.15) is 15.9 Å². The third kappa shape index (κ3) is 6.76. The third-order valence-corrected chi connectivity index (χ3v) is 4.04. The summed E-state index contributed by atoms with van der Waals surface area (Å²) >= 11 is 0. The summed E-state index contributed by atoms with van der Waals surface area (Å²) in [5.74, 6) is -1.88. The van der Waals surface area contributed by atoms with Gasteiger partial charge >= 0.3 is 5.97 Å². The predicted molar refractivity (Wildman–Crippen MR) is 107 cm³/mol. The molecule has 0 aliphatic heterocycles. The van der Waals surface area contributed by atoms with Gasteiger partial charge < -0.3 is 20.3 Å². The van der Waals surface area contributed by atoms with Crippen LogP contribution in [0.2, 0.25) is 0 Å². The number of esters is 1. The first-order chi connectivity index (χ1) is 13.9. The van der Waals surface area contributed by atoms with Crippen LogP contribution < -0.4 is 10.6 Å². The molecule has 0 heterocycles. The number of nitrogens with zero attached hydrogens (tertiary/aromatic N) is 1. The third-order valence-electron chi connectivity index (χ3n) is 4.04. The minimum Gasteiger partial charge on any atom is -0.452 e. The first-order valence-corrected chi connectivity index (χ1v) is 8.95. The number of carbonyl (C=O) groups excluding carboxylic acids is 4. The quantitative estimate of drug-likeness (QED) is 0.652. The summed E-state index contributed by atoms with van der Waals surface area (Å²) in [4.78, 5) is 49.1. The molecule has 0 atom stereocenters. The summed E-state index contributed by atoms with van der Waals surface area (Å²) in [6, 6.07) is 15.6. The van der Waals surface area contributed by atoms with Gasteiger partial charge in [0.1, 0.15) is 0 Å². The molecule has 8 nitrogen and oxygen atoms in total. The SMILES string of the molecule is CNC(=O)CN(C)C(=O)COC(=O)c1ccccc1NC(=O)Cc1ccccc1. The fourth-order valence-electron chi connectivity index (χ4n) is 2.44. The van der Waals surface area contributed by atoms with Crippen LogP contribution in [0.25, 0.3) is 0 Å². The molecule has 0 aliphatic carbocycles. The molecule has 0 saturated heterocycles. The van der Waals surface area contributed by atoms with Crippen LogP contribution in [-0.2, 0) is 25.5 Å². The summed E-state index contributed by atoms with van der Waals surface area (Å²) in [7, 11) is 2.90. The molecule has 8 heteroatoms. The molecule has 2 rings (SSSR count). The van der Waals surface area contributed by atoms with Crippen molar-refractivity contribution in [1.82, 2.24) is 10.2 Å². The molecular weight excluding hydrogens is 374 g/mol. The van der Waals surface area contributed by atoms with Crippen LogP contribution in [0.3, 0.4) is 0 Å². The van der Waals surface area contributed by atoms with Crippen LogP contribution in [0.4, 0.5) is 5.69 Å². The van der Waals surface area contributed by atoms with E-state index in [1.54, 1.807) is 18.2 Å². The van der Waals surface area contributed by atoms with Gasteiger partial charge in [-0.2, -0.15) is 0 Å². The molecule has 2 aromatic carbocycles. The lowest BCUT2D eigenvalue weighted by molar-refractivity contribution is -0.137. The lowest BCUT2D eigenvalue weighted by Gasteiger charge is -2.16. The van der Waals surface area contributed by atoms with Crippen molar-refractivity contribution in [2.75, 3.05) is 32.6 Å². The number of anilines is 1. The second-order valence-corrected chi connectivity index (χ2v) is 6.26.